The number of rotatable bonds is 5. The van der Waals surface area contributed by atoms with Gasteiger partial charge in [-0.2, -0.15) is 13.2 Å². The van der Waals surface area contributed by atoms with E-state index in [4.69, 9.17) is 0 Å². The molecular weight excluding hydrogens is 421 g/mol. The van der Waals surface area contributed by atoms with E-state index in [1.807, 2.05) is 24.3 Å². The number of para-hydroxylation sites is 1. The molecule has 0 radical (unpaired) electrons. The molecule has 0 spiro atoms. The number of alkyl halides is 3. The third kappa shape index (κ3) is 4.46. The number of pyridine rings is 1. The third-order valence-electron chi connectivity index (χ3n) is 5.77. The van der Waals surface area contributed by atoms with Gasteiger partial charge in [0, 0.05) is 48.9 Å². The summed E-state index contributed by atoms with van der Waals surface area (Å²) in [6.07, 6.45) is -0.245. The summed E-state index contributed by atoms with van der Waals surface area (Å²) in [5, 5.41) is 3.34. The Kier molecular flexibility index (Phi) is 5.90. The molecule has 1 fully saturated rings. The first kappa shape index (κ1) is 21.9. The Morgan fingerprint density at radius 1 is 1.25 bits per heavy atom. The zero-order valence-electron chi connectivity index (χ0n) is 17.5. The van der Waals surface area contributed by atoms with Crippen LogP contribution in [0.1, 0.15) is 48.2 Å². The van der Waals surface area contributed by atoms with Crippen molar-refractivity contribution in [3.8, 4) is 0 Å². The van der Waals surface area contributed by atoms with Crippen LogP contribution >= 0.6 is 0 Å². The van der Waals surface area contributed by atoms with Gasteiger partial charge in [0.05, 0.1) is 23.7 Å². The van der Waals surface area contributed by atoms with Gasteiger partial charge in [-0.1, -0.05) is 18.2 Å². The average Bonchev–Trinajstić information content (AvgIpc) is 3.39. The lowest BCUT2D eigenvalue weighted by molar-refractivity contribution is -0.138. The van der Waals surface area contributed by atoms with Crippen LogP contribution in [0.15, 0.2) is 42.7 Å². The molecule has 1 aromatic carbocycles. The van der Waals surface area contributed by atoms with Crippen molar-refractivity contribution >= 4 is 22.7 Å². The van der Waals surface area contributed by atoms with E-state index >= 15 is 0 Å². The summed E-state index contributed by atoms with van der Waals surface area (Å²) in [7, 11) is 0. The molecule has 32 heavy (non-hydrogen) atoms. The topological polar surface area (TPSA) is 78.1 Å². The van der Waals surface area contributed by atoms with Gasteiger partial charge in [0.25, 0.3) is 0 Å². The quantitative estimate of drug-likeness (QED) is 0.621. The smallest absolute Gasteiger partial charge is 0.361 e. The molecule has 0 aliphatic carbocycles. The number of nitrogens with zero attached hydrogens (tertiary/aromatic N) is 2. The first-order valence-electron chi connectivity index (χ1n) is 10.4. The van der Waals surface area contributed by atoms with Crippen molar-refractivity contribution in [3.63, 3.8) is 0 Å². The molecule has 1 aliphatic rings. The molecule has 168 valence electrons. The van der Waals surface area contributed by atoms with Crippen molar-refractivity contribution in [2.45, 2.75) is 44.9 Å². The van der Waals surface area contributed by atoms with E-state index in [0.717, 1.165) is 28.7 Å². The van der Waals surface area contributed by atoms with E-state index in [1.165, 1.54) is 6.92 Å². The van der Waals surface area contributed by atoms with Gasteiger partial charge < -0.3 is 15.2 Å². The number of carbonyl (C=O) groups is 2. The van der Waals surface area contributed by atoms with Crippen molar-refractivity contribution in [3.05, 3.63) is 65.1 Å². The number of halogens is 3. The monoisotopic (exact) mass is 444 g/mol. The number of carbonyl (C=O) groups excluding carboxylic acids is 2. The van der Waals surface area contributed by atoms with Crippen LogP contribution in [0.5, 0.6) is 0 Å². The van der Waals surface area contributed by atoms with Gasteiger partial charge in [-0.15, -0.1) is 0 Å². The summed E-state index contributed by atoms with van der Waals surface area (Å²) in [6, 6.07) is 8.16. The highest BCUT2D eigenvalue weighted by molar-refractivity contribution is 5.89. The Hall–Kier alpha value is -3.36. The van der Waals surface area contributed by atoms with Gasteiger partial charge in [-0.05, 0) is 30.5 Å². The number of benzene rings is 1. The standard InChI is InChI=1S/C23H23F3N4O2/c1-14(31)27-12-16-13-29-20(10-18(16)23(24,25)26)21-7-4-8-30(21)22(32)9-15-11-28-19-6-3-2-5-17(15)19/h2-3,5-6,10-11,13,21,28H,4,7-9,12H2,1H3,(H,27,31). The fourth-order valence-electron chi connectivity index (χ4n) is 4.22. The van der Waals surface area contributed by atoms with Crippen LogP contribution in [0.2, 0.25) is 0 Å². The first-order valence-corrected chi connectivity index (χ1v) is 10.4. The number of likely N-dealkylation sites (tertiary alicyclic amines) is 1. The van der Waals surface area contributed by atoms with Crippen LogP contribution in [-0.2, 0) is 28.7 Å². The summed E-state index contributed by atoms with van der Waals surface area (Å²) in [4.78, 5) is 33.2. The van der Waals surface area contributed by atoms with Crippen molar-refractivity contribution in [1.29, 1.82) is 0 Å². The Morgan fingerprint density at radius 2 is 2.03 bits per heavy atom. The number of aromatic nitrogens is 2. The van der Waals surface area contributed by atoms with Crippen molar-refractivity contribution < 1.29 is 22.8 Å². The summed E-state index contributed by atoms with van der Waals surface area (Å²) < 4.78 is 41.0. The number of hydrogen-bond donors (Lipinski definition) is 2. The number of hydrogen-bond acceptors (Lipinski definition) is 3. The second kappa shape index (κ2) is 8.64. The molecule has 2 amide bonds. The molecule has 0 saturated carbocycles. The molecule has 1 saturated heterocycles. The first-order chi connectivity index (χ1) is 15.2. The van der Waals surface area contributed by atoms with Crippen molar-refractivity contribution in [2.75, 3.05) is 6.54 Å². The van der Waals surface area contributed by atoms with Crippen molar-refractivity contribution in [2.24, 2.45) is 0 Å². The largest absolute Gasteiger partial charge is 0.416 e. The highest BCUT2D eigenvalue weighted by Gasteiger charge is 2.37. The molecule has 3 aromatic rings. The van der Waals surface area contributed by atoms with E-state index in [2.05, 4.69) is 15.3 Å². The van der Waals surface area contributed by atoms with Crippen LogP contribution in [0.25, 0.3) is 10.9 Å². The van der Waals surface area contributed by atoms with Gasteiger partial charge in [0.2, 0.25) is 11.8 Å². The molecule has 9 heteroatoms. The zero-order chi connectivity index (χ0) is 22.9. The maximum absolute atomic E-state index is 13.7. The average molecular weight is 444 g/mol. The van der Waals surface area contributed by atoms with Crippen LogP contribution < -0.4 is 5.32 Å². The SMILES string of the molecule is CC(=O)NCc1cnc(C2CCCN2C(=O)Cc2c[nH]c3ccccc23)cc1C(F)(F)F. The lowest BCUT2D eigenvalue weighted by Gasteiger charge is -2.25. The Morgan fingerprint density at radius 3 is 2.78 bits per heavy atom. The molecule has 1 atom stereocenters. The second-order valence-electron chi connectivity index (χ2n) is 7.96. The summed E-state index contributed by atoms with van der Waals surface area (Å²) >= 11 is 0. The normalized spacial score (nSPS) is 16.5. The number of amides is 2. The molecule has 2 N–H and O–H groups in total. The Balaban J connectivity index is 1.58. The highest BCUT2D eigenvalue weighted by atomic mass is 19.4. The summed E-state index contributed by atoms with van der Waals surface area (Å²) in [5.74, 6) is -0.568. The van der Waals surface area contributed by atoms with E-state index in [0.29, 0.717) is 19.4 Å². The number of nitrogens with one attached hydrogen (secondary N) is 2. The predicted molar refractivity (Wildman–Crippen MR) is 112 cm³/mol. The lowest BCUT2D eigenvalue weighted by atomic mass is 10.0. The van der Waals surface area contributed by atoms with Gasteiger partial charge in [0.15, 0.2) is 0 Å². The molecule has 3 heterocycles. The van der Waals surface area contributed by atoms with Gasteiger partial charge in [-0.25, -0.2) is 0 Å². The molecule has 1 aliphatic heterocycles. The fourth-order valence-corrected chi connectivity index (χ4v) is 4.22. The maximum atomic E-state index is 13.7. The minimum atomic E-state index is -4.59. The molecule has 1 unspecified atom stereocenters. The Bertz CT molecular complexity index is 1160. The number of fused-ring (bicyclic) bond motifs is 1. The Labute approximate surface area is 182 Å². The van der Waals surface area contributed by atoms with Crippen molar-refractivity contribution in [1.82, 2.24) is 20.2 Å². The molecule has 2 aromatic heterocycles. The predicted octanol–water partition coefficient (Wildman–Crippen LogP) is 4.12. The second-order valence-corrected chi connectivity index (χ2v) is 7.96. The molecular formula is C23H23F3N4O2. The van der Waals surface area contributed by atoms with E-state index < -0.39 is 23.7 Å². The highest BCUT2D eigenvalue weighted by Crippen LogP contribution is 2.37. The molecule has 6 nitrogen and oxygen atoms in total. The zero-order valence-corrected chi connectivity index (χ0v) is 17.5. The van der Waals surface area contributed by atoms with E-state index in [-0.39, 0.29) is 30.1 Å². The summed E-state index contributed by atoms with van der Waals surface area (Å²) in [5.41, 5.74) is 1.05. The lowest BCUT2D eigenvalue weighted by Crippen LogP contribution is -2.32. The van der Waals surface area contributed by atoms with E-state index in [9.17, 15) is 22.8 Å². The molecule has 4 rings (SSSR count). The van der Waals surface area contributed by atoms with Crippen LogP contribution in [0.3, 0.4) is 0 Å². The van der Waals surface area contributed by atoms with E-state index in [1.54, 1.807) is 11.1 Å². The minimum Gasteiger partial charge on any atom is -0.361 e. The van der Waals surface area contributed by atoms with Crippen LogP contribution in [0.4, 0.5) is 13.2 Å². The van der Waals surface area contributed by atoms with Gasteiger partial charge >= 0.3 is 6.18 Å². The fraction of sp³-hybridized carbons (Fsp3) is 0.348. The summed E-state index contributed by atoms with van der Waals surface area (Å²) in [6.45, 7) is 1.46. The van der Waals surface area contributed by atoms with Crippen LogP contribution in [0, 0.1) is 0 Å². The van der Waals surface area contributed by atoms with Crippen LogP contribution in [-0.4, -0.2) is 33.2 Å². The van der Waals surface area contributed by atoms with Gasteiger partial charge in [-0.3, -0.25) is 14.6 Å². The number of H-pyrrole nitrogens is 1. The third-order valence-corrected chi connectivity index (χ3v) is 5.77. The number of aromatic amines is 1. The van der Waals surface area contributed by atoms with Gasteiger partial charge in [0.1, 0.15) is 0 Å². The minimum absolute atomic E-state index is 0.105. The maximum Gasteiger partial charge on any atom is 0.416 e. The molecule has 0 bridgehead atoms.